The molecular weight excluding hydrogens is 362 g/mol. The maximum Gasteiger partial charge on any atom is 0.130 e. The van der Waals surface area contributed by atoms with E-state index in [0.717, 1.165) is 61.8 Å². The Labute approximate surface area is 172 Å². The monoisotopic (exact) mass is 389 g/mol. The number of para-hydroxylation sites is 1. The molecule has 0 bridgehead atoms. The van der Waals surface area contributed by atoms with E-state index in [9.17, 15) is 0 Å². The lowest BCUT2D eigenvalue weighted by molar-refractivity contribution is 0.0671. The molecule has 3 heterocycles. The quantitative estimate of drug-likeness (QED) is 0.548. The Balaban J connectivity index is 1.47. The van der Waals surface area contributed by atoms with E-state index in [1.807, 2.05) is 48.7 Å². The van der Waals surface area contributed by atoms with Gasteiger partial charge in [-0.25, -0.2) is 0 Å². The molecule has 0 aliphatic carbocycles. The third-order valence-corrected chi connectivity index (χ3v) is 5.07. The molecule has 2 aromatic heterocycles. The fraction of sp³-hybridized carbons (Fsp3) is 0.333. The van der Waals surface area contributed by atoms with Crippen molar-refractivity contribution in [3.8, 4) is 5.75 Å². The van der Waals surface area contributed by atoms with Crippen LogP contribution in [-0.2, 0) is 24.4 Å². The molecule has 0 amide bonds. The van der Waals surface area contributed by atoms with Crippen LogP contribution in [0.5, 0.6) is 5.75 Å². The van der Waals surface area contributed by atoms with Crippen LogP contribution < -0.4 is 4.74 Å². The van der Waals surface area contributed by atoms with E-state index in [4.69, 9.17) is 9.47 Å². The average Bonchev–Trinajstić information content (AvgIpc) is 3.28. The molecule has 0 saturated carbocycles. The highest BCUT2D eigenvalue weighted by atomic mass is 16.5. The van der Waals surface area contributed by atoms with Crippen molar-refractivity contribution >= 4 is 0 Å². The Morgan fingerprint density at radius 3 is 2.38 bits per heavy atom. The highest BCUT2D eigenvalue weighted by molar-refractivity contribution is 5.33. The molecular formula is C24H27N3O2. The number of benzene rings is 1. The first-order chi connectivity index (χ1) is 14.4. The molecule has 3 aromatic rings. The number of rotatable bonds is 9. The maximum absolute atomic E-state index is 6.11. The highest BCUT2D eigenvalue weighted by Gasteiger charge is 2.20. The first-order valence-electron chi connectivity index (χ1n) is 10.2. The van der Waals surface area contributed by atoms with Gasteiger partial charge in [0.1, 0.15) is 12.4 Å². The Morgan fingerprint density at radius 1 is 0.897 bits per heavy atom. The predicted molar refractivity (Wildman–Crippen MR) is 112 cm³/mol. The van der Waals surface area contributed by atoms with Crippen molar-refractivity contribution in [2.24, 2.45) is 0 Å². The van der Waals surface area contributed by atoms with Gasteiger partial charge >= 0.3 is 0 Å². The molecule has 1 aliphatic rings. The summed E-state index contributed by atoms with van der Waals surface area (Å²) in [5.41, 5.74) is 3.15. The molecule has 150 valence electrons. The molecule has 5 heteroatoms. The summed E-state index contributed by atoms with van der Waals surface area (Å²) in [5.74, 6) is 0.900. The maximum atomic E-state index is 6.11. The molecule has 0 spiro atoms. The van der Waals surface area contributed by atoms with E-state index in [2.05, 4.69) is 33.1 Å². The van der Waals surface area contributed by atoms with Gasteiger partial charge in [0.05, 0.1) is 17.5 Å². The third kappa shape index (κ3) is 5.86. The van der Waals surface area contributed by atoms with Crippen LogP contribution in [0, 0.1) is 0 Å². The van der Waals surface area contributed by atoms with Gasteiger partial charge in [-0.05, 0) is 43.2 Å². The van der Waals surface area contributed by atoms with Crippen molar-refractivity contribution in [1.82, 2.24) is 14.9 Å². The fourth-order valence-corrected chi connectivity index (χ4v) is 3.63. The van der Waals surface area contributed by atoms with Gasteiger partial charge in [-0.1, -0.05) is 30.3 Å². The second-order valence-corrected chi connectivity index (χ2v) is 7.34. The van der Waals surface area contributed by atoms with Crippen LogP contribution in [0.4, 0.5) is 0 Å². The SMILES string of the molecule is c1ccc(COc2ccccc2CN(Cc2ccccn2)CC2CCCO2)nc1. The molecule has 5 nitrogen and oxygen atoms in total. The van der Waals surface area contributed by atoms with E-state index in [1.54, 1.807) is 6.20 Å². The van der Waals surface area contributed by atoms with Crippen LogP contribution in [0.2, 0.25) is 0 Å². The predicted octanol–water partition coefficient (Wildman–Crippen LogP) is 4.24. The minimum absolute atomic E-state index is 0.292. The van der Waals surface area contributed by atoms with Crippen molar-refractivity contribution in [3.05, 3.63) is 90.0 Å². The van der Waals surface area contributed by atoms with Crippen molar-refractivity contribution in [3.63, 3.8) is 0 Å². The van der Waals surface area contributed by atoms with E-state index in [0.29, 0.717) is 12.7 Å². The molecule has 1 atom stereocenters. The summed E-state index contributed by atoms with van der Waals surface area (Å²) in [6.07, 6.45) is 6.20. The summed E-state index contributed by atoms with van der Waals surface area (Å²) >= 11 is 0. The van der Waals surface area contributed by atoms with Crippen LogP contribution in [-0.4, -0.2) is 34.1 Å². The zero-order valence-corrected chi connectivity index (χ0v) is 16.6. The van der Waals surface area contributed by atoms with Gasteiger partial charge < -0.3 is 9.47 Å². The summed E-state index contributed by atoms with van der Waals surface area (Å²) < 4.78 is 12.0. The highest BCUT2D eigenvalue weighted by Crippen LogP contribution is 2.23. The van der Waals surface area contributed by atoms with Crippen molar-refractivity contribution in [2.45, 2.75) is 38.6 Å². The van der Waals surface area contributed by atoms with E-state index in [1.165, 1.54) is 0 Å². The van der Waals surface area contributed by atoms with Crippen LogP contribution in [0.1, 0.15) is 29.8 Å². The number of nitrogens with zero attached hydrogens (tertiary/aromatic N) is 3. The zero-order chi connectivity index (χ0) is 19.7. The van der Waals surface area contributed by atoms with Gasteiger partial charge in [0.15, 0.2) is 0 Å². The van der Waals surface area contributed by atoms with Gasteiger partial charge in [-0.3, -0.25) is 14.9 Å². The molecule has 4 rings (SSSR count). The number of hydrogen-bond donors (Lipinski definition) is 0. The zero-order valence-electron chi connectivity index (χ0n) is 16.6. The lowest BCUT2D eigenvalue weighted by atomic mass is 10.1. The molecule has 0 N–H and O–H groups in total. The molecule has 1 aliphatic heterocycles. The molecule has 1 aromatic carbocycles. The van der Waals surface area contributed by atoms with Crippen molar-refractivity contribution in [1.29, 1.82) is 0 Å². The third-order valence-electron chi connectivity index (χ3n) is 5.07. The lowest BCUT2D eigenvalue weighted by Crippen LogP contribution is -2.32. The topological polar surface area (TPSA) is 47.5 Å². The van der Waals surface area contributed by atoms with Gasteiger partial charge in [-0.15, -0.1) is 0 Å². The van der Waals surface area contributed by atoms with Crippen LogP contribution >= 0.6 is 0 Å². The fourth-order valence-electron chi connectivity index (χ4n) is 3.63. The first-order valence-corrected chi connectivity index (χ1v) is 10.2. The Bertz CT molecular complexity index is 868. The van der Waals surface area contributed by atoms with E-state index >= 15 is 0 Å². The lowest BCUT2D eigenvalue weighted by Gasteiger charge is -2.26. The molecule has 1 fully saturated rings. The van der Waals surface area contributed by atoms with Gasteiger partial charge in [0.25, 0.3) is 0 Å². The second-order valence-electron chi connectivity index (χ2n) is 7.34. The number of aromatic nitrogens is 2. The van der Waals surface area contributed by atoms with E-state index < -0.39 is 0 Å². The summed E-state index contributed by atoms with van der Waals surface area (Å²) in [6.45, 7) is 3.80. The molecule has 29 heavy (non-hydrogen) atoms. The summed E-state index contributed by atoms with van der Waals surface area (Å²) in [6, 6.07) is 20.2. The molecule has 1 saturated heterocycles. The molecule has 1 unspecified atom stereocenters. The normalized spacial score (nSPS) is 16.2. The van der Waals surface area contributed by atoms with Crippen LogP contribution in [0.3, 0.4) is 0 Å². The number of ether oxygens (including phenoxy) is 2. The Kier molecular flexibility index (Phi) is 6.84. The van der Waals surface area contributed by atoms with Gasteiger partial charge in [0, 0.05) is 44.2 Å². The largest absolute Gasteiger partial charge is 0.487 e. The van der Waals surface area contributed by atoms with Crippen molar-refractivity contribution < 1.29 is 9.47 Å². The number of hydrogen-bond acceptors (Lipinski definition) is 5. The Morgan fingerprint density at radius 2 is 1.66 bits per heavy atom. The summed E-state index contributed by atoms with van der Waals surface area (Å²) in [4.78, 5) is 11.3. The Hall–Kier alpha value is -2.76. The average molecular weight is 389 g/mol. The minimum atomic E-state index is 0.292. The van der Waals surface area contributed by atoms with Gasteiger partial charge in [-0.2, -0.15) is 0 Å². The molecule has 0 radical (unpaired) electrons. The minimum Gasteiger partial charge on any atom is -0.487 e. The standard InChI is InChI=1S/C24H27N3O2/c1-2-12-24(29-19-22-10-4-6-14-26-22)20(8-1)16-27(18-23-11-7-15-28-23)17-21-9-3-5-13-25-21/h1-6,8-10,12-14,23H,7,11,15-19H2. The van der Waals surface area contributed by atoms with Crippen LogP contribution in [0.25, 0.3) is 0 Å². The first kappa shape index (κ1) is 19.6. The van der Waals surface area contributed by atoms with Gasteiger partial charge in [0.2, 0.25) is 0 Å². The summed E-state index contributed by atoms with van der Waals surface area (Å²) in [5, 5.41) is 0. The van der Waals surface area contributed by atoms with E-state index in [-0.39, 0.29) is 0 Å². The second kappa shape index (κ2) is 10.1. The smallest absolute Gasteiger partial charge is 0.130 e. The number of pyridine rings is 2. The van der Waals surface area contributed by atoms with Crippen molar-refractivity contribution in [2.75, 3.05) is 13.2 Å². The summed E-state index contributed by atoms with van der Waals surface area (Å²) in [7, 11) is 0. The van der Waals surface area contributed by atoms with Crippen LogP contribution in [0.15, 0.2) is 73.1 Å².